The van der Waals surface area contributed by atoms with Crippen molar-refractivity contribution in [1.29, 1.82) is 0 Å². The second-order valence-corrected chi connectivity index (χ2v) is 3.08. The molecule has 0 saturated carbocycles. The Balaban J connectivity index is 2.88. The summed E-state index contributed by atoms with van der Waals surface area (Å²) in [7, 11) is 0. The maximum Gasteiger partial charge on any atom is 0.354 e. The van der Waals surface area contributed by atoms with Crippen molar-refractivity contribution >= 4 is 11.9 Å². The number of rotatable bonds is 5. The van der Waals surface area contributed by atoms with Crippen LogP contribution in [0.2, 0.25) is 0 Å². The molecular formula is C11H13N3O2. The second-order valence-electron chi connectivity index (χ2n) is 3.08. The van der Waals surface area contributed by atoms with Crippen LogP contribution < -0.4 is 4.90 Å². The standard InChI is InChI=1S/C11H13N3O2/c1-3-5-8-14(4-2)11-12-7-6-9(13-11)10(15)16/h1,6-7H,4-5,8H2,2H3,(H,15,16). The lowest BCUT2D eigenvalue weighted by Gasteiger charge is -2.19. The molecule has 0 aromatic carbocycles. The average Bonchev–Trinajstić information content (AvgIpc) is 2.30. The highest BCUT2D eigenvalue weighted by Crippen LogP contribution is 2.07. The van der Waals surface area contributed by atoms with Gasteiger partial charge in [0.25, 0.3) is 0 Å². The first-order valence-electron chi connectivity index (χ1n) is 4.93. The van der Waals surface area contributed by atoms with Gasteiger partial charge < -0.3 is 10.0 Å². The van der Waals surface area contributed by atoms with Gasteiger partial charge in [0.15, 0.2) is 5.69 Å². The minimum atomic E-state index is -1.06. The molecule has 1 rings (SSSR count). The second kappa shape index (κ2) is 5.71. The molecule has 0 aliphatic rings. The number of carboxylic acids is 1. The molecule has 0 unspecified atom stereocenters. The van der Waals surface area contributed by atoms with Crippen molar-refractivity contribution in [2.75, 3.05) is 18.0 Å². The van der Waals surface area contributed by atoms with Crippen molar-refractivity contribution < 1.29 is 9.90 Å². The van der Waals surface area contributed by atoms with Gasteiger partial charge in [-0.15, -0.1) is 12.3 Å². The van der Waals surface area contributed by atoms with E-state index in [1.165, 1.54) is 12.3 Å². The van der Waals surface area contributed by atoms with Gasteiger partial charge in [0.05, 0.1) is 0 Å². The zero-order valence-corrected chi connectivity index (χ0v) is 9.05. The number of hydrogen-bond acceptors (Lipinski definition) is 4. The highest BCUT2D eigenvalue weighted by atomic mass is 16.4. The van der Waals surface area contributed by atoms with Crippen LogP contribution in [0.4, 0.5) is 5.95 Å². The topological polar surface area (TPSA) is 66.3 Å². The van der Waals surface area contributed by atoms with Crippen LogP contribution in [0.15, 0.2) is 12.3 Å². The van der Waals surface area contributed by atoms with E-state index in [-0.39, 0.29) is 5.69 Å². The molecule has 1 heterocycles. The molecule has 0 aliphatic heterocycles. The molecule has 1 aromatic rings. The third kappa shape index (κ3) is 2.95. The highest BCUT2D eigenvalue weighted by molar-refractivity contribution is 5.85. The Hall–Kier alpha value is -2.09. The van der Waals surface area contributed by atoms with E-state index >= 15 is 0 Å². The third-order valence-electron chi connectivity index (χ3n) is 2.05. The van der Waals surface area contributed by atoms with Gasteiger partial charge >= 0.3 is 5.97 Å². The molecule has 84 valence electrons. The summed E-state index contributed by atoms with van der Waals surface area (Å²) in [5, 5.41) is 8.80. The molecule has 0 atom stereocenters. The predicted octanol–water partition coefficient (Wildman–Crippen LogP) is 1.02. The van der Waals surface area contributed by atoms with Gasteiger partial charge in [0, 0.05) is 25.7 Å². The van der Waals surface area contributed by atoms with Gasteiger partial charge in [0.1, 0.15) is 0 Å². The van der Waals surface area contributed by atoms with E-state index < -0.39 is 5.97 Å². The van der Waals surface area contributed by atoms with Crippen LogP contribution >= 0.6 is 0 Å². The van der Waals surface area contributed by atoms with Crippen LogP contribution in [0.25, 0.3) is 0 Å². The number of terminal acetylenes is 1. The van der Waals surface area contributed by atoms with E-state index in [0.717, 1.165) is 0 Å². The van der Waals surface area contributed by atoms with E-state index in [2.05, 4.69) is 15.9 Å². The zero-order valence-electron chi connectivity index (χ0n) is 9.05. The molecule has 1 N–H and O–H groups in total. The lowest BCUT2D eigenvalue weighted by molar-refractivity contribution is 0.0690. The van der Waals surface area contributed by atoms with Gasteiger partial charge in [-0.2, -0.15) is 0 Å². The lowest BCUT2D eigenvalue weighted by atomic mass is 10.4. The lowest BCUT2D eigenvalue weighted by Crippen LogP contribution is -2.26. The smallest absolute Gasteiger partial charge is 0.354 e. The van der Waals surface area contributed by atoms with E-state index in [0.29, 0.717) is 25.5 Å². The summed E-state index contributed by atoms with van der Waals surface area (Å²) in [6.07, 6.45) is 7.19. The van der Waals surface area contributed by atoms with Crippen molar-refractivity contribution in [3.05, 3.63) is 18.0 Å². The first-order valence-corrected chi connectivity index (χ1v) is 4.93. The summed E-state index contributed by atoms with van der Waals surface area (Å²) in [6, 6.07) is 1.36. The number of anilines is 1. The number of hydrogen-bond donors (Lipinski definition) is 1. The van der Waals surface area contributed by atoms with Crippen LogP contribution in [-0.4, -0.2) is 34.1 Å². The molecule has 0 aliphatic carbocycles. The summed E-state index contributed by atoms with van der Waals surface area (Å²) in [6.45, 7) is 3.24. The molecule has 1 aromatic heterocycles. The van der Waals surface area contributed by atoms with Crippen LogP contribution in [-0.2, 0) is 0 Å². The minimum Gasteiger partial charge on any atom is -0.477 e. The number of nitrogens with zero attached hydrogens (tertiary/aromatic N) is 3. The molecule has 0 saturated heterocycles. The highest BCUT2D eigenvalue weighted by Gasteiger charge is 2.10. The number of carbonyl (C=O) groups is 1. The predicted molar refractivity (Wildman–Crippen MR) is 60.3 cm³/mol. The molecular weight excluding hydrogens is 206 g/mol. The largest absolute Gasteiger partial charge is 0.477 e. The van der Waals surface area contributed by atoms with Crippen LogP contribution in [0.3, 0.4) is 0 Å². The van der Waals surface area contributed by atoms with Crippen molar-refractivity contribution in [3.63, 3.8) is 0 Å². The summed E-state index contributed by atoms with van der Waals surface area (Å²) in [4.78, 5) is 20.5. The first-order chi connectivity index (χ1) is 7.69. The van der Waals surface area contributed by atoms with Crippen LogP contribution in [0, 0.1) is 12.3 Å². The van der Waals surface area contributed by atoms with E-state index in [1.807, 2.05) is 11.8 Å². The van der Waals surface area contributed by atoms with Gasteiger partial charge in [-0.3, -0.25) is 0 Å². The summed E-state index contributed by atoms with van der Waals surface area (Å²) >= 11 is 0. The fourth-order valence-corrected chi connectivity index (χ4v) is 1.22. The Bertz CT molecular complexity index is 412. The SMILES string of the molecule is C#CCCN(CC)c1nccc(C(=O)O)n1. The van der Waals surface area contributed by atoms with Crippen molar-refractivity contribution in [2.45, 2.75) is 13.3 Å². The molecule has 0 fully saturated rings. The molecule has 16 heavy (non-hydrogen) atoms. The molecule has 5 heteroatoms. The van der Waals surface area contributed by atoms with Crippen molar-refractivity contribution in [3.8, 4) is 12.3 Å². The molecule has 0 spiro atoms. The Labute approximate surface area is 94.1 Å². The summed E-state index contributed by atoms with van der Waals surface area (Å²) < 4.78 is 0. The molecule has 0 bridgehead atoms. The Kier molecular flexibility index (Phi) is 4.28. The monoisotopic (exact) mass is 219 g/mol. The fraction of sp³-hybridized carbons (Fsp3) is 0.364. The number of carboxylic acid groups (broad SMARTS) is 1. The van der Waals surface area contributed by atoms with E-state index in [9.17, 15) is 4.79 Å². The van der Waals surface area contributed by atoms with Crippen LogP contribution in [0.5, 0.6) is 0 Å². The quantitative estimate of drug-likeness (QED) is 0.749. The van der Waals surface area contributed by atoms with E-state index in [1.54, 1.807) is 0 Å². The average molecular weight is 219 g/mol. The van der Waals surface area contributed by atoms with Gasteiger partial charge in [-0.1, -0.05) is 0 Å². The van der Waals surface area contributed by atoms with Gasteiger partial charge in [0.2, 0.25) is 5.95 Å². The minimum absolute atomic E-state index is 0.0100. The molecule has 0 amide bonds. The fourth-order valence-electron chi connectivity index (χ4n) is 1.22. The van der Waals surface area contributed by atoms with Crippen molar-refractivity contribution in [1.82, 2.24) is 9.97 Å². The zero-order chi connectivity index (χ0) is 12.0. The summed E-state index contributed by atoms with van der Waals surface area (Å²) in [5.74, 6) is 1.87. The Morgan fingerprint density at radius 2 is 2.44 bits per heavy atom. The summed E-state index contributed by atoms with van der Waals surface area (Å²) in [5.41, 5.74) is -0.0100. The molecule has 0 radical (unpaired) electrons. The normalized spacial score (nSPS) is 9.50. The Morgan fingerprint density at radius 3 is 3.00 bits per heavy atom. The Morgan fingerprint density at radius 1 is 1.69 bits per heavy atom. The number of aromatic nitrogens is 2. The maximum absolute atomic E-state index is 10.7. The first kappa shape index (κ1) is 12.0. The van der Waals surface area contributed by atoms with Gasteiger partial charge in [-0.05, 0) is 13.0 Å². The number of aromatic carboxylic acids is 1. The van der Waals surface area contributed by atoms with Gasteiger partial charge in [-0.25, -0.2) is 14.8 Å². The van der Waals surface area contributed by atoms with Crippen LogP contribution in [0.1, 0.15) is 23.8 Å². The third-order valence-corrected chi connectivity index (χ3v) is 2.05. The van der Waals surface area contributed by atoms with E-state index in [4.69, 9.17) is 11.5 Å². The maximum atomic E-state index is 10.7. The van der Waals surface area contributed by atoms with Crippen molar-refractivity contribution in [2.24, 2.45) is 0 Å². The molecule has 5 nitrogen and oxygen atoms in total.